The largest absolute Gasteiger partial charge is 0.481 e. The van der Waals surface area contributed by atoms with E-state index < -0.39 is 11.4 Å². The van der Waals surface area contributed by atoms with Gasteiger partial charge in [0.05, 0.1) is 12.5 Å². The van der Waals surface area contributed by atoms with E-state index in [1.807, 2.05) is 48.3 Å². The first-order valence-corrected chi connectivity index (χ1v) is 6.51. The van der Waals surface area contributed by atoms with Crippen LogP contribution in [0.1, 0.15) is 18.1 Å². The Hall–Kier alpha value is -2.07. The lowest BCUT2D eigenvalue weighted by Crippen LogP contribution is -2.43. The minimum atomic E-state index is -0.931. The summed E-state index contributed by atoms with van der Waals surface area (Å²) in [4.78, 5) is 13.7. The zero-order valence-electron chi connectivity index (χ0n) is 11.7. The molecule has 0 aliphatic carbocycles. The lowest BCUT2D eigenvalue weighted by atomic mass is 9.82. The summed E-state index contributed by atoms with van der Waals surface area (Å²) in [6.45, 7) is 2.85. The molecule has 1 atom stereocenters. The zero-order valence-corrected chi connectivity index (χ0v) is 11.7. The molecule has 1 N–H and O–H groups in total. The SMILES string of the molecule is CN(Cc1ccoc1)CC(C)(C(=O)O)c1ccccc1. The van der Waals surface area contributed by atoms with Crippen LogP contribution in [0.25, 0.3) is 0 Å². The molecule has 0 amide bonds. The molecule has 1 aromatic heterocycles. The van der Waals surface area contributed by atoms with Crippen LogP contribution in [0.2, 0.25) is 0 Å². The summed E-state index contributed by atoms with van der Waals surface area (Å²) in [6.07, 6.45) is 3.30. The lowest BCUT2D eigenvalue weighted by Gasteiger charge is -2.30. The Labute approximate surface area is 118 Å². The van der Waals surface area contributed by atoms with Crippen LogP contribution in [0.3, 0.4) is 0 Å². The molecule has 0 fully saturated rings. The van der Waals surface area contributed by atoms with Crippen LogP contribution in [0.15, 0.2) is 53.3 Å². The third kappa shape index (κ3) is 3.08. The van der Waals surface area contributed by atoms with E-state index in [0.29, 0.717) is 13.1 Å². The summed E-state index contributed by atoms with van der Waals surface area (Å²) in [6, 6.07) is 11.2. The Morgan fingerprint density at radius 3 is 2.55 bits per heavy atom. The minimum Gasteiger partial charge on any atom is -0.481 e. The van der Waals surface area contributed by atoms with Crippen LogP contribution in [0.5, 0.6) is 0 Å². The fourth-order valence-electron chi connectivity index (χ4n) is 2.38. The van der Waals surface area contributed by atoms with E-state index in [-0.39, 0.29) is 0 Å². The van der Waals surface area contributed by atoms with E-state index in [4.69, 9.17) is 4.42 Å². The van der Waals surface area contributed by atoms with Crippen molar-refractivity contribution < 1.29 is 14.3 Å². The molecule has 1 unspecified atom stereocenters. The third-order valence-electron chi connectivity index (χ3n) is 3.50. The van der Waals surface area contributed by atoms with Crippen molar-refractivity contribution in [2.75, 3.05) is 13.6 Å². The van der Waals surface area contributed by atoms with Crippen molar-refractivity contribution in [3.63, 3.8) is 0 Å². The van der Waals surface area contributed by atoms with Crippen LogP contribution >= 0.6 is 0 Å². The topological polar surface area (TPSA) is 53.7 Å². The van der Waals surface area contributed by atoms with Crippen molar-refractivity contribution in [3.8, 4) is 0 Å². The monoisotopic (exact) mass is 273 g/mol. The highest BCUT2D eigenvalue weighted by molar-refractivity contribution is 5.81. The van der Waals surface area contributed by atoms with Gasteiger partial charge < -0.3 is 14.4 Å². The summed E-state index contributed by atoms with van der Waals surface area (Å²) < 4.78 is 5.03. The average molecular weight is 273 g/mol. The van der Waals surface area contributed by atoms with Crippen LogP contribution in [-0.2, 0) is 16.8 Å². The fraction of sp³-hybridized carbons (Fsp3) is 0.312. The van der Waals surface area contributed by atoms with Gasteiger partial charge in [-0.25, -0.2) is 0 Å². The highest BCUT2D eigenvalue weighted by Crippen LogP contribution is 2.25. The number of likely N-dealkylation sites (N-methyl/N-ethyl adjacent to an activating group) is 1. The molecule has 1 aromatic carbocycles. The predicted molar refractivity (Wildman–Crippen MR) is 76.5 cm³/mol. The van der Waals surface area contributed by atoms with Gasteiger partial charge >= 0.3 is 5.97 Å². The first-order valence-electron chi connectivity index (χ1n) is 6.51. The van der Waals surface area contributed by atoms with Crippen molar-refractivity contribution >= 4 is 5.97 Å². The molecule has 0 aliphatic rings. The smallest absolute Gasteiger partial charge is 0.315 e. The quantitative estimate of drug-likeness (QED) is 0.879. The average Bonchev–Trinajstić information content (AvgIpc) is 2.92. The Morgan fingerprint density at radius 2 is 2.00 bits per heavy atom. The number of carbonyl (C=O) groups is 1. The molecule has 0 saturated carbocycles. The van der Waals surface area contributed by atoms with E-state index in [0.717, 1.165) is 11.1 Å². The van der Waals surface area contributed by atoms with E-state index >= 15 is 0 Å². The van der Waals surface area contributed by atoms with Crippen LogP contribution in [0, 0.1) is 0 Å². The molecule has 106 valence electrons. The van der Waals surface area contributed by atoms with Gasteiger partial charge in [0.1, 0.15) is 5.41 Å². The maximum atomic E-state index is 11.7. The number of nitrogens with zero attached hydrogens (tertiary/aromatic N) is 1. The Bertz CT molecular complexity index is 550. The molecular weight excluding hydrogens is 254 g/mol. The van der Waals surface area contributed by atoms with Crippen molar-refractivity contribution in [2.24, 2.45) is 0 Å². The molecule has 2 aromatic rings. The Balaban J connectivity index is 2.15. The molecule has 4 nitrogen and oxygen atoms in total. The van der Waals surface area contributed by atoms with Crippen LogP contribution in [0.4, 0.5) is 0 Å². The van der Waals surface area contributed by atoms with Crippen molar-refractivity contribution in [3.05, 3.63) is 60.1 Å². The molecular formula is C16H19NO3. The van der Waals surface area contributed by atoms with Gasteiger partial charge in [-0.1, -0.05) is 30.3 Å². The summed E-state index contributed by atoms with van der Waals surface area (Å²) >= 11 is 0. The van der Waals surface area contributed by atoms with Crippen molar-refractivity contribution in [1.82, 2.24) is 4.90 Å². The lowest BCUT2D eigenvalue weighted by molar-refractivity contribution is -0.144. The minimum absolute atomic E-state index is 0.428. The van der Waals surface area contributed by atoms with Crippen molar-refractivity contribution in [2.45, 2.75) is 18.9 Å². The standard InChI is InChI=1S/C16H19NO3/c1-16(15(18)19,14-6-4-3-5-7-14)12-17(2)10-13-8-9-20-11-13/h3-9,11H,10,12H2,1-2H3,(H,18,19). The van der Waals surface area contributed by atoms with Gasteiger partial charge in [0.25, 0.3) is 0 Å². The zero-order chi connectivity index (χ0) is 14.6. The maximum absolute atomic E-state index is 11.7. The highest BCUT2D eigenvalue weighted by Gasteiger charge is 2.36. The van der Waals surface area contributed by atoms with Gasteiger partial charge in [0, 0.05) is 18.7 Å². The third-order valence-corrected chi connectivity index (χ3v) is 3.50. The molecule has 4 heteroatoms. The first kappa shape index (κ1) is 14.3. The number of aliphatic carboxylic acids is 1. The number of benzene rings is 1. The Kier molecular flexibility index (Phi) is 4.25. The summed E-state index contributed by atoms with van der Waals surface area (Å²) in [7, 11) is 1.91. The molecule has 0 radical (unpaired) electrons. The molecule has 0 spiro atoms. The summed E-state index contributed by atoms with van der Waals surface area (Å²) in [5, 5.41) is 9.62. The van der Waals surface area contributed by atoms with E-state index in [2.05, 4.69) is 0 Å². The molecule has 0 saturated heterocycles. The number of rotatable bonds is 6. The second kappa shape index (κ2) is 5.92. The number of hydrogen-bond donors (Lipinski definition) is 1. The summed E-state index contributed by atoms with van der Waals surface area (Å²) in [5.74, 6) is -0.817. The Morgan fingerprint density at radius 1 is 1.30 bits per heavy atom. The second-order valence-corrected chi connectivity index (χ2v) is 5.31. The first-order chi connectivity index (χ1) is 9.52. The van der Waals surface area contributed by atoms with Gasteiger partial charge in [-0.05, 0) is 25.6 Å². The van der Waals surface area contributed by atoms with Crippen LogP contribution < -0.4 is 0 Å². The van der Waals surface area contributed by atoms with Gasteiger partial charge in [-0.3, -0.25) is 4.79 Å². The summed E-state index contributed by atoms with van der Waals surface area (Å²) in [5.41, 5.74) is 0.916. The van der Waals surface area contributed by atoms with Gasteiger partial charge in [0.2, 0.25) is 0 Å². The van der Waals surface area contributed by atoms with E-state index in [9.17, 15) is 9.90 Å². The molecule has 2 rings (SSSR count). The highest BCUT2D eigenvalue weighted by atomic mass is 16.4. The fourth-order valence-corrected chi connectivity index (χ4v) is 2.38. The number of carboxylic acids is 1. The molecule has 20 heavy (non-hydrogen) atoms. The van der Waals surface area contributed by atoms with Crippen molar-refractivity contribution in [1.29, 1.82) is 0 Å². The molecule has 0 bridgehead atoms. The second-order valence-electron chi connectivity index (χ2n) is 5.31. The normalized spacial score (nSPS) is 14.2. The van der Waals surface area contributed by atoms with E-state index in [1.54, 1.807) is 19.5 Å². The van der Waals surface area contributed by atoms with Gasteiger partial charge in [-0.15, -0.1) is 0 Å². The van der Waals surface area contributed by atoms with Gasteiger partial charge in [-0.2, -0.15) is 0 Å². The maximum Gasteiger partial charge on any atom is 0.315 e. The van der Waals surface area contributed by atoms with Crippen LogP contribution in [-0.4, -0.2) is 29.6 Å². The number of hydrogen-bond acceptors (Lipinski definition) is 3. The number of carboxylic acid groups (broad SMARTS) is 1. The van der Waals surface area contributed by atoms with Gasteiger partial charge in [0.15, 0.2) is 0 Å². The molecule has 0 aliphatic heterocycles. The molecule has 1 heterocycles. The van der Waals surface area contributed by atoms with E-state index in [1.165, 1.54) is 0 Å². The number of furan rings is 1. The predicted octanol–water partition coefficient (Wildman–Crippen LogP) is 2.75.